The number of rotatable bonds is 5. The Morgan fingerprint density at radius 1 is 1.19 bits per heavy atom. The van der Waals surface area contributed by atoms with Gasteiger partial charge in [-0.05, 0) is 54.4 Å². The van der Waals surface area contributed by atoms with E-state index in [1.807, 2.05) is 11.0 Å². The van der Waals surface area contributed by atoms with E-state index >= 15 is 0 Å². The van der Waals surface area contributed by atoms with Crippen molar-refractivity contribution in [2.45, 2.75) is 46.1 Å². The highest BCUT2D eigenvalue weighted by molar-refractivity contribution is 5.81. The second kappa shape index (κ2) is 7.22. The highest BCUT2D eigenvalue weighted by Gasteiger charge is 2.50. The Morgan fingerprint density at radius 2 is 1.89 bits per heavy atom. The summed E-state index contributed by atoms with van der Waals surface area (Å²) >= 11 is 0. The van der Waals surface area contributed by atoms with Crippen molar-refractivity contribution >= 4 is 11.9 Å². The minimum atomic E-state index is -0.582. The third-order valence-corrected chi connectivity index (χ3v) is 5.43. The Bertz CT molecular complexity index is 765. The summed E-state index contributed by atoms with van der Waals surface area (Å²) in [7, 11) is 0. The maximum atomic E-state index is 12.6. The first-order chi connectivity index (χ1) is 12.7. The topological polar surface area (TPSA) is 79.6 Å². The Morgan fingerprint density at radius 3 is 2.56 bits per heavy atom. The molecule has 6 nitrogen and oxygen atoms in total. The molecule has 2 atom stereocenters. The highest BCUT2D eigenvalue weighted by atomic mass is 16.6. The maximum absolute atomic E-state index is 12.6. The first kappa shape index (κ1) is 19.2. The lowest BCUT2D eigenvalue weighted by molar-refractivity contribution is -0.154. The van der Waals surface area contributed by atoms with Crippen molar-refractivity contribution in [3.8, 4) is 11.8 Å². The molecule has 0 N–H and O–H groups in total. The van der Waals surface area contributed by atoms with Crippen LogP contribution in [0.3, 0.4) is 0 Å². The van der Waals surface area contributed by atoms with E-state index in [-0.39, 0.29) is 36.0 Å². The average Bonchev–Trinajstić information content (AvgIpc) is 2.87. The Labute approximate surface area is 160 Å². The van der Waals surface area contributed by atoms with Crippen molar-refractivity contribution in [2.24, 2.45) is 10.8 Å². The van der Waals surface area contributed by atoms with Gasteiger partial charge in [0.2, 0.25) is 0 Å². The number of nitrogens with zero attached hydrogens (tertiary/aromatic N) is 2. The lowest BCUT2D eigenvalue weighted by atomic mass is 9.65. The van der Waals surface area contributed by atoms with E-state index in [9.17, 15) is 9.59 Å². The molecule has 0 aromatic heterocycles. The van der Waals surface area contributed by atoms with Gasteiger partial charge in [-0.15, -0.1) is 0 Å². The number of hydrogen-bond acceptors (Lipinski definition) is 5. The number of nitriles is 1. The highest BCUT2D eigenvalue weighted by Crippen LogP contribution is 2.52. The molecule has 1 aliphatic carbocycles. The Balaban J connectivity index is 1.46. The SMILES string of the molecule is CC1(C)C[C@H]2C[C@@](C)(CN2C(=O)COC(=O)COc2ccc(C#N)cc2)C1. The summed E-state index contributed by atoms with van der Waals surface area (Å²) < 4.78 is 10.4. The van der Waals surface area contributed by atoms with Gasteiger partial charge in [-0.3, -0.25) is 4.79 Å². The predicted molar refractivity (Wildman–Crippen MR) is 98.9 cm³/mol. The molecule has 0 unspecified atom stereocenters. The van der Waals surface area contributed by atoms with Crippen LogP contribution in [0.25, 0.3) is 0 Å². The number of benzene rings is 1. The molecule has 0 radical (unpaired) electrons. The molecule has 27 heavy (non-hydrogen) atoms. The van der Waals surface area contributed by atoms with Gasteiger partial charge in [0.25, 0.3) is 5.91 Å². The molecular weight excluding hydrogens is 344 g/mol. The third-order valence-electron chi connectivity index (χ3n) is 5.43. The molecule has 3 rings (SSSR count). The van der Waals surface area contributed by atoms with Crippen molar-refractivity contribution in [3.05, 3.63) is 29.8 Å². The first-order valence-electron chi connectivity index (χ1n) is 9.28. The standard InChI is InChI=1S/C21H26N2O4/c1-20(2)8-16-9-21(3,13-20)14-23(16)18(24)11-27-19(25)12-26-17-6-4-15(10-22)5-7-17/h4-7,16H,8-9,11-14H2,1-3H3/t16-,21+/m0/s1. The molecule has 144 valence electrons. The van der Waals surface area contributed by atoms with E-state index in [4.69, 9.17) is 14.7 Å². The number of fused-ring (bicyclic) bond motifs is 2. The van der Waals surface area contributed by atoms with Crippen molar-refractivity contribution in [3.63, 3.8) is 0 Å². The maximum Gasteiger partial charge on any atom is 0.344 e. The summed E-state index contributed by atoms with van der Waals surface area (Å²) in [5.74, 6) is -0.240. The van der Waals surface area contributed by atoms with Crippen LogP contribution in [0.15, 0.2) is 24.3 Å². The van der Waals surface area contributed by atoms with Crippen molar-refractivity contribution in [2.75, 3.05) is 19.8 Å². The molecule has 1 aromatic rings. The van der Waals surface area contributed by atoms with E-state index in [0.717, 1.165) is 25.8 Å². The second-order valence-corrected chi connectivity index (χ2v) is 8.82. The van der Waals surface area contributed by atoms with E-state index < -0.39 is 5.97 Å². The van der Waals surface area contributed by atoms with Gasteiger partial charge in [0.1, 0.15) is 5.75 Å². The summed E-state index contributed by atoms with van der Waals surface area (Å²) in [6, 6.07) is 8.70. The summed E-state index contributed by atoms with van der Waals surface area (Å²) in [5, 5.41) is 8.76. The minimum absolute atomic E-state index is 0.131. The molecule has 1 saturated heterocycles. The largest absolute Gasteiger partial charge is 0.482 e. The zero-order valence-corrected chi connectivity index (χ0v) is 16.2. The molecule has 6 heteroatoms. The average molecular weight is 370 g/mol. The fourth-order valence-electron chi connectivity index (χ4n) is 4.79. The molecule has 0 spiro atoms. The van der Waals surface area contributed by atoms with Crippen LogP contribution in [0.4, 0.5) is 0 Å². The number of esters is 1. The molecule has 2 aliphatic rings. The van der Waals surface area contributed by atoms with E-state index in [2.05, 4.69) is 20.8 Å². The monoisotopic (exact) mass is 370 g/mol. The van der Waals surface area contributed by atoms with Crippen LogP contribution in [0.1, 0.15) is 45.6 Å². The number of hydrogen-bond donors (Lipinski definition) is 0. The number of carbonyl (C=O) groups excluding carboxylic acids is 2. The van der Waals surface area contributed by atoms with Crippen LogP contribution in [-0.4, -0.2) is 42.6 Å². The van der Waals surface area contributed by atoms with E-state index in [1.165, 1.54) is 0 Å². The normalized spacial score (nSPS) is 25.6. The molecule has 1 saturated carbocycles. The quantitative estimate of drug-likeness (QED) is 0.745. The predicted octanol–water partition coefficient (Wildman–Crippen LogP) is 2.91. The number of amides is 1. The van der Waals surface area contributed by atoms with Gasteiger partial charge in [0, 0.05) is 12.6 Å². The van der Waals surface area contributed by atoms with E-state index in [0.29, 0.717) is 11.3 Å². The first-order valence-corrected chi connectivity index (χ1v) is 9.28. The lowest BCUT2D eigenvalue weighted by Crippen LogP contribution is -2.40. The molecule has 1 amide bonds. The zero-order valence-electron chi connectivity index (χ0n) is 16.2. The van der Waals surface area contributed by atoms with Gasteiger partial charge in [0.15, 0.2) is 13.2 Å². The molecule has 1 aliphatic heterocycles. The summed E-state index contributed by atoms with van der Waals surface area (Å²) in [4.78, 5) is 26.3. The van der Waals surface area contributed by atoms with E-state index in [1.54, 1.807) is 24.3 Å². The van der Waals surface area contributed by atoms with Crippen molar-refractivity contribution in [1.29, 1.82) is 5.26 Å². The molecule has 2 fully saturated rings. The lowest BCUT2D eigenvalue weighted by Gasteiger charge is -2.39. The van der Waals surface area contributed by atoms with Crippen LogP contribution in [-0.2, 0) is 14.3 Å². The van der Waals surface area contributed by atoms with Crippen molar-refractivity contribution in [1.82, 2.24) is 4.90 Å². The van der Waals surface area contributed by atoms with Gasteiger partial charge in [0.05, 0.1) is 11.6 Å². The van der Waals surface area contributed by atoms with Crippen LogP contribution >= 0.6 is 0 Å². The fourth-order valence-corrected chi connectivity index (χ4v) is 4.79. The van der Waals surface area contributed by atoms with Crippen molar-refractivity contribution < 1.29 is 19.1 Å². The van der Waals surface area contributed by atoms with Crippen LogP contribution in [0.5, 0.6) is 5.75 Å². The summed E-state index contributed by atoms with van der Waals surface area (Å²) in [6.45, 7) is 6.97. The van der Waals surface area contributed by atoms with Gasteiger partial charge in [-0.1, -0.05) is 20.8 Å². The third kappa shape index (κ3) is 4.60. The number of ether oxygens (including phenoxy) is 2. The summed E-state index contributed by atoms with van der Waals surface area (Å²) in [6.07, 6.45) is 3.13. The van der Waals surface area contributed by atoms with Crippen LogP contribution in [0, 0.1) is 22.2 Å². The van der Waals surface area contributed by atoms with Gasteiger partial charge in [-0.2, -0.15) is 5.26 Å². The fraction of sp³-hybridized carbons (Fsp3) is 0.571. The van der Waals surface area contributed by atoms with Gasteiger partial charge >= 0.3 is 5.97 Å². The molecule has 2 bridgehead atoms. The summed E-state index contributed by atoms with van der Waals surface area (Å²) in [5.41, 5.74) is 0.909. The Hall–Kier alpha value is -2.55. The van der Waals surface area contributed by atoms with Gasteiger partial charge in [-0.25, -0.2) is 4.79 Å². The number of likely N-dealkylation sites (tertiary alicyclic amines) is 1. The van der Waals surface area contributed by atoms with Gasteiger partial charge < -0.3 is 14.4 Å². The molecule has 1 aromatic carbocycles. The second-order valence-electron chi connectivity index (χ2n) is 8.82. The van der Waals surface area contributed by atoms with Crippen LogP contribution < -0.4 is 4.74 Å². The minimum Gasteiger partial charge on any atom is -0.482 e. The molecular formula is C21H26N2O4. The smallest absolute Gasteiger partial charge is 0.344 e. The van der Waals surface area contributed by atoms with Crippen LogP contribution in [0.2, 0.25) is 0 Å². The Kier molecular flexibility index (Phi) is 5.14. The zero-order chi connectivity index (χ0) is 19.7. The molecule has 1 heterocycles. The number of carbonyl (C=O) groups is 2.